The number of carbonyl (C=O) groups excluding carboxylic acids is 1. The SMILES string of the molecule is CCCCOC(=O)c1c(N)ccc2oc(C(=O)O)c(C)c12. The standard InChI is InChI=1S/C15H17NO5/c1-3-4-7-20-15(19)12-9(16)5-6-10-11(12)8(2)13(21-10)14(17)18/h5-6H,3-4,7,16H2,1-2H3,(H,17,18). The van der Waals surface area contributed by atoms with Gasteiger partial charge in [-0.1, -0.05) is 13.3 Å². The molecule has 2 aromatic rings. The Balaban J connectivity index is 2.53. The lowest BCUT2D eigenvalue weighted by Crippen LogP contribution is -2.10. The molecule has 0 fully saturated rings. The number of carboxylic acids is 1. The topological polar surface area (TPSA) is 103 Å². The zero-order chi connectivity index (χ0) is 15.6. The predicted molar refractivity (Wildman–Crippen MR) is 77.5 cm³/mol. The molecule has 0 aliphatic carbocycles. The summed E-state index contributed by atoms with van der Waals surface area (Å²) in [6, 6.07) is 3.06. The molecule has 1 aromatic carbocycles. The lowest BCUT2D eigenvalue weighted by Gasteiger charge is -2.08. The molecule has 6 nitrogen and oxygen atoms in total. The van der Waals surface area contributed by atoms with Gasteiger partial charge in [-0.15, -0.1) is 0 Å². The number of furan rings is 1. The number of aromatic carboxylic acids is 1. The molecule has 0 amide bonds. The zero-order valence-corrected chi connectivity index (χ0v) is 11.9. The Labute approximate surface area is 121 Å². The van der Waals surface area contributed by atoms with E-state index in [1.807, 2.05) is 6.92 Å². The molecule has 0 saturated heterocycles. The van der Waals surface area contributed by atoms with Gasteiger partial charge in [0.25, 0.3) is 0 Å². The van der Waals surface area contributed by atoms with Crippen LogP contribution in [0.5, 0.6) is 0 Å². The predicted octanol–water partition coefficient (Wildman–Crippen LogP) is 2.98. The Hall–Kier alpha value is -2.50. The van der Waals surface area contributed by atoms with Crippen LogP contribution in [0.1, 0.15) is 46.2 Å². The van der Waals surface area contributed by atoms with Gasteiger partial charge in [0.15, 0.2) is 0 Å². The van der Waals surface area contributed by atoms with E-state index in [0.717, 1.165) is 12.8 Å². The molecule has 0 unspecified atom stereocenters. The van der Waals surface area contributed by atoms with Crippen molar-refractivity contribution in [2.75, 3.05) is 12.3 Å². The number of benzene rings is 1. The molecule has 0 saturated carbocycles. The number of aryl methyl sites for hydroxylation is 1. The molecule has 2 rings (SSSR count). The lowest BCUT2D eigenvalue weighted by molar-refractivity contribution is 0.0502. The van der Waals surface area contributed by atoms with E-state index in [1.165, 1.54) is 6.07 Å². The number of unbranched alkanes of at least 4 members (excludes halogenated alkanes) is 1. The summed E-state index contributed by atoms with van der Waals surface area (Å²) in [5, 5.41) is 9.49. The molecule has 0 bridgehead atoms. The number of esters is 1. The van der Waals surface area contributed by atoms with Crippen molar-refractivity contribution in [1.29, 1.82) is 0 Å². The van der Waals surface area contributed by atoms with Crippen molar-refractivity contribution in [2.45, 2.75) is 26.7 Å². The van der Waals surface area contributed by atoms with Gasteiger partial charge < -0.3 is 20.0 Å². The molecule has 0 atom stereocenters. The van der Waals surface area contributed by atoms with Gasteiger partial charge in [0.1, 0.15) is 5.58 Å². The average Bonchev–Trinajstić information content (AvgIpc) is 2.77. The minimum atomic E-state index is -1.19. The molecule has 1 heterocycles. The third-order valence-electron chi connectivity index (χ3n) is 3.26. The fourth-order valence-corrected chi connectivity index (χ4v) is 2.16. The molecule has 0 radical (unpaired) electrons. The van der Waals surface area contributed by atoms with E-state index in [2.05, 4.69) is 0 Å². The van der Waals surface area contributed by atoms with Gasteiger partial charge in [0.05, 0.1) is 12.2 Å². The molecule has 1 aromatic heterocycles. The van der Waals surface area contributed by atoms with Crippen molar-refractivity contribution < 1.29 is 23.8 Å². The number of nitrogens with two attached hydrogens (primary N) is 1. The second-order valence-electron chi connectivity index (χ2n) is 4.75. The summed E-state index contributed by atoms with van der Waals surface area (Å²) in [6.45, 7) is 3.87. The largest absolute Gasteiger partial charge is 0.475 e. The highest BCUT2D eigenvalue weighted by Crippen LogP contribution is 2.32. The summed E-state index contributed by atoms with van der Waals surface area (Å²) >= 11 is 0. The minimum Gasteiger partial charge on any atom is -0.475 e. The zero-order valence-electron chi connectivity index (χ0n) is 11.9. The Bertz CT molecular complexity index is 702. The molecule has 0 spiro atoms. The molecule has 21 heavy (non-hydrogen) atoms. The summed E-state index contributed by atoms with van der Waals surface area (Å²) in [4.78, 5) is 23.3. The highest BCUT2D eigenvalue weighted by molar-refractivity contribution is 6.11. The van der Waals surface area contributed by atoms with E-state index in [9.17, 15) is 9.59 Å². The van der Waals surface area contributed by atoms with Crippen molar-refractivity contribution >= 4 is 28.6 Å². The Morgan fingerprint density at radius 3 is 2.71 bits per heavy atom. The third kappa shape index (κ3) is 2.69. The van der Waals surface area contributed by atoms with Crippen LogP contribution in [0.2, 0.25) is 0 Å². The van der Waals surface area contributed by atoms with E-state index in [-0.39, 0.29) is 17.0 Å². The number of rotatable bonds is 5. The van der Waals surface area contributed by atoms with Crippen LogP contribution in [0.4, 0.5) is 5.69 Å². The van der Waals surface area contributed by atoms with Crippen molar-refractivity contribution in [1.82, 2.24) is 0 Å². The van der Waals surface area contributed by atoms with Crippen molar-refractivity contribution in [3.8, 4) is 0 Å². The fraction of sp³-hybridized carbons (Fsp3) is 0.333. The van der Waals surface area contributed by atoms with E-state index in [0.29, 0.717) is 23.1 Å². The van der Waals surface area contributed by atoms with Gasteiger partial charge in [-0.2, -0.15) is 0 Å². The monoisotopic (exact) mass is 291 g/mol. The Kier molecular flexibility index (Phi) is 4.16. The molecule has 3 N–H and O–H groups in total. The lowest BCUT2D eigenvalue weighted by atomic mass is 10.0. The highest BCUT2D eigenvalue weighted by Gasteiger charge is 2.24. The van der Waals surface area contributed by atoms with Gasteiger partial charge in [0.2, 0.25) is 5.76 Å². The number of ether oxygens (including phenoxy) is 1. The van der Waals surface area contributed by atoms with Crippen LogP contribution in [0.15, 0.2) is 16.5 Å². The first-order chi connectivity index (χ1) is 9.97. The van der Waals surface area contributed by atoms with Crippen LogP contribution in [-0.4, -0.2) is 23.7 Å². The third-order valence-corrected chi connectivity index (χ3v) is 3.26. The Morgan fingerprint density at radius 1 is 1.38 bits per heavy atom. The first kappa shape index (κ1) is 14.9. The summed E-state index contributed by atoms with van der Waals surface area (Å²) in [7, 11) is 0. The Morgan fingerprint density at radius 2 is 2.10 bits per heavy atom. The van der Waals surface area contributed by atoms with Crippen molar-refractivity contribution in [3.05, 3.63) is 29.0 Å². The molecular weight excluding hydrogens is 274 g/mol. The molecular formula is C15H17NO5. The van der Waals surface area contributed by atoms with Gasteiger partial charge in [-0.05, 0) is 25.5 Å². The van der Waals surface area contributed by atoms with Crippen LogP contribution in [-0.2, 0) is 4.74 Å². The van der Waals surface area contributed by atoms with Crippen LogP contribution >= 0.6 is 0 Å². The average molecular weight is 291 g/mol. The molecule has 112 valence electrons. The number of carbonyl (C=O) groups is 2. The summed E-state index contributed by atoms with van der Waals surface area (Å²) in [5.41, 5.74) is 6.94. The van der Waals surface area contributed by atoms with Crippen LogP contribution in [0.25, 0.3) is 11.0 Å². The highest BCUT2D eigenvalue weighted by atomic mass is 16.5. The molecule has 0 aliphatic heterocycles. The molecule has 6 heteroatoms. The first-order valence-corrected chi connectivity index (χ1v) is 6.69. The van der Waals surface area contributed by atoms with Gasteiger partial charge in [0, 0.05) is 16.6 Å². The summed E-state index contributed by atoms with van der Waals surface area (Å²) in [5.74, 6) is -1.95. The van der Waals surface area contributed by atoms with Crippen LogP contribution < -0.4 is 5.73 Å². The smallest absolute Gasteiger partial charge is 0.372 e. The second-order valence-corrected chi connectivity index (χ2v) is 4.75. The van der Waals surface area contributed by atoms with Crippen molar-refractivity contribution in [2.24, 2.45) is 0 Å². The number of anilines is 1. The maximum atomic E-state index is 12.2. The van der Waals surface area contributed by atoms with Gasteiger partial charge in [-0.25, -0.2) is 9.59 Å². The summed E-state index contributed by atoms with van der Waals surface area (Å²) < 4.78 is 10.4. The number of hydrogen-bond acceptors (Lipinski definition) is 5. The van der Waals surface area contributed by atoms with E-state index in [1.54, 1.807) is 13.0 Å². The number of fused-ring (bicyclic) bond motifs is 1. The maximum Gasteiger partial charge on any atom is 0.372 e. The van der Waals surface area contributed by atoms with E-state index >= 15 is 0 Å². The first-order valence-electron chi connectivity index (χ1n) is 6.69. The van der Waals surface area contributed by atoms with E-state index < -0.39 is 11.9 Å². The van der Waals surface area contributed by atoms with Gasteiger partial charge >= 0.3 is 11.9 Å². The van der Waals surface area contributed by atoms with Crippen LogP contribution in [0.3, 0.4) is 0 Å². The maximum absolute atomic E-state index is 12.2. The van der Waals surface area contributed by atoms with Gasteiger partial charge in [-0.3, -0.25) is 0 Å². The van der Waals surface area contributed by atoms with E-state index in [4.69, 9.17) is 20.0 Å². The quantitative estimate of drug-likeness (QED) is 0.498. The number of hydrogen-bond donors (Lipinski definition) is 2. The fourth-order valence-electron chi connectivity index (χ4n) is 2.16. The summed E-state index contributed by atoms with van der Waals surface area (Å²) in [6.07, 6.45) is 1.66. The number of nitrogen functional groups attached to an aromatic ring is 1. The van der Waals surface area contributed by atoms with Crippen LogP contribution in [0, 0.1) is 6.92 Å². The number of carboxylic acid groups (broad SMARTS) is 1. The van der Waals surface area contributed by atoms with Crippen molar-refractivity contribution in [3.63, 3.8) is 0 Å². The normalized spacial score (nSPS) is 10.8. The second kappa shape index (κ2) is 5.87. The molecule has 0 aliphatic rings. The minimum absolute atomic E-state index is 0.164.